The Morgan fingerprint density at radius 3 is 2.20 bits per heavy atom. The van der Waals surface area contributed by atoms with Crippen LogP contribution in [-0.4, -0.2) is 19.3 Å². The van der Waals surface area contributed by atoms with E-state index in [-0.39, 0.29) is 27.0 Å². The van der Waals surface area contributed by atoms with Gasteiger partial charge in [0.15, 0.2) is 0 Å². The molecule has 50 heavy (non-hydrogen) atoms. The normalized spacial score (nSPS) is 11.5. The van der Waals surface area contributed by atoms with Crippen molar-refractivity contribution in [3.63, 3.8) is 0 Å². The Hall–Kier alpha value is -4.47. The minimum atomic E-state index is 0. The van der Waals surface area contributed by atoms with Gasteiger partial charge in [-0.15, -0.1) is 41.3 Å². The average molecular weight is 840 g/mol. The van der Waals surface area contributed by atoms with Gasteiger partial charge in [0.2, 0.25) is 0 Å². The number of pyridine rings is 1. The summed E-state index contributed by atoms with van der Waals surface area (Å²) >= 11 is 0. The number of aromatic nitrogens is 4. The maximum Gasteiger partial charge on any atom is 2.00 e. The first kappa shape index (κ1) is 35.4. The molecule has 0 aliphatic heterocycles. The zero-order chi connectivity index (χ0) is 34.4. The number of rotatable bonds is 9. The summed E-state index contributed by atoms with van der Waals surface area (Å²) in [5, 5.41) is 7.38. The van der Waals surface area contributed by atoms with Crippen molar-refractivity contribution >= 4 is 21.8 Å². The molecule has 0 bridgehead atoms. The van der Waals surface area contributed by atoms with E-state index < -0.39 is 0 Å². The van der Waals surface area contributed by atoms with Crippen molar-refractivity contribution in [3.8, 4) is 34.1 Å². The molecule has 4 aromatic carbocycles. The number of ether oxygens (including phenoxy) is 1. The topological polar surface area (TPSA) is 44.9 Å². The summed E-state index contributed by atoms with van der Waals surface area (Å²) in [6.45, 7) is 17.5. The maximum atomic E-state index is 6.63. The third-order valence-electron chi connectivity index (χ3n) is 9.72. The molecule has 0 N–H and O–H groups in total. The van der Waals surface area contributed by atoms with Gasteiger partial charge in [0.25, 0.3) is 0 Å². The molecule has 6 heteroatoms. The van der Waals surface area contributed by atoms with Crippen LogP contribution in [0.1, 0.15) is 79.7 Å². The molecule has 0 saturated heterocycles. The van der Waals surface area contributed by atoms with E-state index in [9.17, 15) is 0 Å². The molecule has 5 nitrogen and oxygen atoms in total. The molecule has 0 amide bonds. The van der Waals surface area contributed by atoms with Gasteiger partial charge in [-0.3, -0.25) is 4.68 Å². The number of fused-ring (bicyclic) bond motifs is 3. The van der Waals surface area contributed by atoms with E-state index in [2.05, 4.69) is 139 Å². The number of benzene rings is 4. The molecule has 3 heterocycles. The van der Waals surface area contributed by atoms with Crippen molar-refractivity contribution in [1.29, 1.82) is 0 Å². The van der Waals surface area contributed by atoms with E-state index in [1.54, 1.807) is 0 Å². The van der Waals surface area contributed by atoms with Crippen LogP contribution in [0, 0.1) is 32.9 Å². The second-order valence-electron chi connectivity index (χ2n) is 13.4. The van der Waals surface area contributed by atoms with Gasteiger partial charge in [-0.25, -0.2) is 4.98 Å². The number of nitrogens with zero attached hydrogens (tertiary/aromatic N) is 4. The van der Waals surface area contributed by atoms with Crippen LogP contribution in [0.3, 0.4) is 0 Å². The van der Waals surface area contributed by atoms with Gasteiger partial charge in [0.1, 0.15) is 5.82 Å². The van der Waals surface area contributed by atoms with Crippen LogP contribution in [0.15, 0.2) is 79.0 Å². The van der Waals surface area contributed by atoms with Crippen LogP contribution in [0.2, 0.25) is 0 Å². The molecular weight excluding hydrogens is 796 g/mol. The Labute approximate surface area is 310 Å². The zero-order valence-electron chi connectivity index (χ0n) is 30.2. The minimum absolute atomic E-state index is 0. The third-order valence-corrected chi connectivity index (χ3v) is 9.72. The molecule has 0 fully saturated rings. The minimum Gasteiger partial charge on any atom is -0.509 e. The standard InChI is InChI=1S/C44H44N4O.Pt/c1-9-31-18-19-45-42(22-31)47-40-15-13-12-14-38(40)39-17-16-36(26-41(39)47)49-37-24-34(27(4)5)23-35(25-37)48-30(8)43(29(7)46-48)44-32(10-2)20-28(6)21-33(44)11-3;/h12-24,27H,9-11H2,1-8H3;/q-2;+2. The number of aryl methyl sites for hydroxylation is 5. The van der Waals surface area contributed by atoms with Crippen LogP contribution < -0.4 is 4.74 Å². The fraction of sp³-hybridized carbons (Fsp3) is 0.273. The molecule has 0 aliphatic carbocycles. The molecule has 256 valence electrons. The zero-order valence-corrected chi connectivity index (χ0v) is 32.5. The second-order valence-corrected chi connectivity index (χ2v) is 13.4. The summed E-state index contributed by atoms with van der Waals surface area (Å²) in [7, 11) is 0. The Bertz CT molecular complexity index is 2320. The Morgan fingerprint density at radius 2 is 1.50 bits per heavy atom. The summed E-state index contributed by atoms with van der Waals surface area (Å²) in [5.41, 5.74) is 14.0. The van der Waals surface area contributed by atoms with Crippen LogP contribution in [0.25, 0.3) is 44.4 Å². The summed E-state index contributed by atoms with van der Waals surface area (Å²) < 4.78 is 10.9. The molecule has 0 saturated carbocycles. The van der Waals surface area contributed by atoms with Crippen molar-refractivity contribution < 1.29 is 25.8 Å². The van der Waals surface area contributed by atoms with Crippen molar-refractivity contribution in [2.75, 3.05) is 0 Å². The predicted octanol–water partition coefficient (Wildman–Crippen LogP) is 11.2. The Morgan fingerprint density at radius 1 is 0.760 bits per heavy atom. The largest absolute Gasteiger partial charge is 2.00 e. The van der Waals surface area contributed by atoms with Gasteiger partial charge in [-0.2, -0.15) is 11.2 Å². The van der Waals surface area contributed by atoms with E-state index in [1.807, 2.05) is 16.9 Å². The van der Waals surface area contributed by atoms with Crippen LogP contribution in [0.4, 0.5) is 0 Å². The molecule has 7 aromatic rings. The average Bonchev–Trinajstić information content (AvgIpc) is 3.59. The molecule has 0 spiro atoms. The van der Waals surface area contributed by atoms with Crippen molar-refractivity contribution in [1.82, 2.24) is 19.3 Å². The SMILES string of the molecule is CCc1ccnc(-n2c3[c-]c(Oc4[c-]c(-n5nc(C)c(-c6c(CC)cc(C)cc6CC)c5C)cc(C(C)C)c4)ccc3c3ccccc32)c1.[Pt+2]. The molecule has 0 radical (unpaired) electrons. The van der Waals surface area contributed by atoms with Crippen LogP contribution in [-0.2, 0) is 40.3 Å². The van der Waals surface area contributed by atoms with Crippen LogP contribution in [0.5, 0.6) is 11.5 Å². The van der Waals surface area contributed by atoms with Gasteiger partial charge >= 0.3 is 21.1 Å². The number of para-hydroxylation sites is 1. The first-order chi connectivity index (χ1) is 23.7. The summed E-state index contributed by atoms with van der Waals surface area (Å²) in [4.78, 5) is 4.77. The Kier molecular flexibility index (Phi) is 10.2. The first-order valence-electron chi connectivity index (χ1n) is 17.6. The molecular formula is C44H44N4OPt. The van der Waals surface area contributed by atoms with Crippen LogP contribution >= 0.6 is 0 Å². The Balaban J connectivity index is 0.00000432. The first-order valence-corrected chi connectivity index (χ1v) is 17.6. The molecule has 0 unspecified atom stereocenters. The van der Waals surface area contributed by atoms with Gasteiger partial charge in [0.05, 0.1) is 5.69 Å². The van der Waals surface area contributed by atoms with Gasteiger partial charge in [-0.1, -0.05) is 76.0 Å². The smallest absolute Gasteiger partial charge is 0.509 e. The van der Waals surface area contributed by atoms with Gasteiger partial charge in [-0.05, 0) is 97.5 Å². The fourth-order valence-electron chi connectivity index (χ4n) is 7.20. The van der Waals surface area contributed by atoms with Gasteiger partial charge in [0, 0.05) is 34.5 Å². The van der Waals surface area contributed by atoms with E-state index in [4.69, 9.17) is 14.8 Å². The van der Waals surface area contributed by atoms with Crippen molar-refractivity contribution in [2.24, 2.45) is 0 Å². The second kappa shape index (κ2) is 14.4. The number of hydrogen-bond donors (Lipinski definition) is 0. The van der Waals surface area contributed by atoms with E-state index >= 15 is 0 Å². The summed E-state index contributed by atoms with van der Waals surface area (Å²) in [6.07, 6.45) is 4.77. The van der Waals surface area contributed by atoms with Crippen molar-refractivity contribution in [3.05, 3.63) is 130 Å². The quantitative estimate of drug-likeness (QED) is 0.136. The van der Waals surface area contributed by atoms with Crippen molar-refractivity contribution in [2.45, 2.75) is 80.6 Å². The monoisotopic (exact) mass is 839 g/mol. The molecule has 7 rings (SSSR count). The van der Waals surface area contributed by atoms with E-state index in [1.165, 1.54) is 33.4 Å². The maximum absolute atomic E-state index is 6.63. The third kappa shape index (κ3) is 6.33. The summed E-state index contributed by atoms with van der Waals surface area (Å²) in [5.74, 6) is 2.42. The van der Waals surface area contributed by atoms with E-state index in [0.29, 0.717) is 11.5 Å². The van der Waals surface area contributed by atoms with Gasteiger partial charge < -0.3 is 9.30 Å². The van der Waals surface area contributed by atoms with E-state index in [0.717, 1.165) is 69.5 Å². The predicted molar refractivity (Wildman–Crippen MR) is 202 cm³/mol. The molecule has 3 aromatic heterocycles. The molecule has 0 aliphatic rings. The fourth-order valence-corrected chi connectivity index (χ4v) is 7.20. The molecule has 0 atom stereocenters. The summed E-state index contributed by atoms with van der Waals surface area (Å²) in [6, 6.07) is 32.9. The number of hydrogen-bond acceptors (Lipinski definition) is 3.